The summed E-state index contributed by atoms with van der Waals surface area (Å²) in [7, 11) is 0. The van der Waals surface area contributed by atoms with Crippen molar-refractivity contribution in [3.05, 3.63) is 68.5 Å². The minimum absolute atomic E-state index is 0.241. The molecule has 0 radical (unpaired) electrons. The predicted molar refractivity (Wildman–Crippen MR) is 75.5 cm³/mol. The molecular weight excluding hydrogens is 240 g/mol. The van der Waals surface area contributed by atoms with Crippen molar-refractivity contribution < 1.29 is 0 Å². The highest BCUT2D eigenvalue weighted by Gasteiger charge is 2.05. The van der Waals surface area contributed by atoms with Crippen molar-refractivity contribution in [2.75, 3.05) is 0 Å². The van der Waals surface area contributed by atoms with Crippen LogP contribution in [-0.4, -0.2) is 9.13 Å². The third-order valence-electron chi connectivity index (χ3n) is 3.07. The average molecular weight is 258 g/mol. The lowest BCUT2D eigenvalue weighted by molar-refractivity contribution is 0.570. The van der Waals surface area contributed by atoms with Gasteiger partial charge in [0.05, 0.1) is 6.54 Å². The normalized spacial score (nSPS) is 10.6. The topological polar surface area (TPSA) is 44.0 Å². The van der Waals surface area contributed by atoms with Crippen LogP contribution in [0.15, 0.2) is 46.1 Å². The molecule has 0 fully saturated rings. The van der Waals surface area contributed by atoms with E-state index in [0.717, 1.165) is 17.5 Å². The van der Waals surface area contributed by atoms with E-state index in [1.54, 1.807) is 10.8 Å². The summed E-state index contributed by atoms with van der Waals surface area (Å²) >= 11 is 0. The van der Waals surface area contributed by atoms with Crippen LogP contribution in [0.25, 0.3) is 0 Å². The van der Waals surface area contributed by atoms with E-state index in [1.807, 2.05) is 38.1 Å². The summed E-state index contributed by atoms with van der Waals surface area (Å²) in [6.07, 6.45) is 2.43. The number of hydrogen-bond acceptors (Lipinski definition) is 2. The third-order valence-corrected chi connectivity index (χ3v) is 3.07. The summed E-state index contributed by atoms with van der Waals surface area (Å²) in [5.74, 6) is 0. The van der Waals surface area contributed by atoms with E-state index in [1.165, 1.54) is 10.6 Å². The van der Waals surface area contributed by atoms with Crippen LogP contribution in [-0.2, 0) is 13.1 Å². The van der Waals surface area contributed by atoms with Crippen molar-refractivity contribution in [1.29, 1.82) is 0 Å². The first-order chi connectivity index (χ1) is 9.11. The summed E-state index contributed by atoms with van der Waals surface area (Å²) in [6.45, 7) is 4.96. The first-order valence-corrected chi connectivity index (χ1v) is 6.47. The largest absolute Gasteiger partial charge is 0.331 e. The quantitative estimate of drug-likeness (QED) is 0.839. The number of aryl methyl sites for hydroxylation is 2. The minimum atomic E-state index is -0.252. The zero-order chi connectivity index (χ0) is 13.8. The molecule has 19 heavy (non-hydrogen) atoms. The number of aromatic nitrogens is 2. The molecule has 0 aliphatic heterocycles. The molecule has 1 heterocycles. The summed E-state index contributed by atoms with van der Waals surface area (Å²) < 4.78 is 2.86. The van der Waals surface area contributed by atoms with Gasteiger partial charge in [0.2, 0.25) is 0 Å². The molecule has 0 N–H and O–H groups in total. The fourth-order valence-electron chi connectivity index (χ4n) is 1.99. The van der Waals surface area contributed by atoms with Crippen LogP contribution >= 0.6 is 0 Å². The maximum atomic E-state index is 12.2. The van der Waals surface area contributed by atoms with Crippen LogP contribution < -0.4 is 11.2 Å². The van der Waals surface area contributed by atoms with Gasteiger partial charge in [-0.15, -0.1) is 0 Å². The van der Waals surface area contributed by atoms with Gasteiger partial charge in [-0.1, -0.05) is 36.8 Å². The standard InChI is InChI=1S/C15H18N2O2/c1-3-9-16-10-8-14(18)17(15(16)19)11-13-6-4-12(2)5-7-13/h4-8,10H,3,9,11H2,1-2H3. The fourth-order valence-corrected chi connectivity index (χ4v) is 1.99. The molecule has 0 saturated heterocycles. The van der Waals surface area contributed by atoms with E-state index < -0.39 is 0 Å². The molecule has 4 nitrogen and oxygen atoms in total. The van der Waals surface area contributed by atoms with E-state index in [-0.39, 0.29) is 11.2 Å². The van der Waals surface area contributed by atoms with E-state index in [4.69, 9.17) is 0 Å². The Morgan fingerprint density at radius 1 is 1.05 bits per heavy atom. The summed E-state index contributed by atoms with van der Waals surface area (Å²) in [5.41, 5.74) is 1.62. The van der Waals surface area contributed by atoms with Gasteiger partial charge in [-0.3, -0.25) is 9.36 Å². The van der Waals surface area contributed by atoms with E-state index >= 15 is 0 Å². The van der Waals surface area contributed by atoms with Crippen molar-refractivity contribution in [3.8, 4) is 0 Å². The molecule has 0 atom stereocenters. The van der Waals surface area contributed by atoms with Gasteiger partial charge in [0.15, 0.2) is 0 Å². The van der Waals surface area contributed by atoms with Crippen LogP contribution in [0.1, 0.15) is 24.5 Å². The van der Waals surface area contributed by atoms with Crippen LogP contribution in [0.5, 0.6) is 0 Å². The van der Waals surface area contributed by atoms with Crippen LogP contribution in [0.2, 0.25) is 0 Å². The Morgan fingerprint density at radius 3 is 2.37 bits per heavy atom. The highest BCUT2D eigenvalue weighted by molar-refractivity contribution is 5.21. The summed E-state index contributed by atoms with van der Waals surface area (Å²) in [5, 5.41) is 0. The molecule has 1 aromatic carbocycles. The van der Waals surface area contributed by atoms with Crippen LogP contribution in [0.3, 0.4) is 0 Å². The first-order valence-electron chi connectivity index (χ1n) is 6.47. The van der Waals surface area contributed by atoms with Crippen molar-refractivity contribution in [3.63, 3.8) is 0 Å². The fraction of sp³-hybridized carbons (Fsp3) is 0.333. The van der Waals surface area contributed by atoms with Gasteiger partial charge in [-0.2, -0.15) is 0 Å². The molecule has 2 aromatic rings. The lowest BCUT2D eigenvalue weighted by Crippen LogP contribution is -2.39. The molecule has 0 aliphatic rings. The van der Waals surface area contributed by atoms with Gasteiger partial charge >= 0.3 is 5.69 Å². The number of rotatable bonds is 4. The molecule has 0 unspecified atom stereocenters. The molecule has 0 aliphatic carbocycles. The molecule has 100 valence electrons. The van der Waals surface area contributed by atoms with Gasteiger partial charge in [0, 0.05) is 18.8 Å². The Balaban J connectivity index is 2.39. The van der Waals surface area contributed by atoms with Gasteiger partial charge in [-0.25, -0.2) is 4.79 Å². The maximum absolute atomic E-state index is 12.2. The molecule has 0 amide bonds. The number of nitrogens with zero attached hydrogens (tertiary/aromatic N) is 2. The predicted octanol–water partition coefficient (Wildman–Crippen LogP) is 1.78. The van der Waals surface area contributed by atoms with Crippen molar-refractivity contribution in [1.82, 2.24) is 9.13 Å². The second kappa shape index (κ2) is 5.69. The second-order valence-electron chi connectivity index (χ2n) is 4.70. The van der Waals surface area contributed by atoms with Crippen molar-refractivity contribution in [2.45, 2.75) is 33.4 Å². The van der Waals surface area contributed by atoms with Gasteiger partial charge in [0.25, 0.3) is 5.56 Å². The first kappa shape index (κ1) is 13.3. The van der Waals surface area contributed by atoms with E-state index in [2.05, 4.69) is 0 Å². The average Bonchev–Trinajstić information content (AvgIpc) is 2.40. The monoisotopic (exact) mass is 258 g/mol. The number of hydrogen-bond donors (Lipinski definition) is 0. The Kier molecular flexibility index (Phi) is 4.00. The molecule has 2 rings (SSSR count). The van der Waals surface area contributed by atoms with E-state index in [0.29, 0.717) is 13.1 Å². The lowest BCUT2D eigenvalue weighted by Gasteiger charge is -2.09. The maximum Gasteiger partial charge on any atom is 0.331 e. The van der Waals surface area contributed by atoms with Gasteiger partial charge in [0.1, 0.15) is 0 Å². The smallest absolute Gasteiger partial charge is 0.300 e. The molecule has 1 aromatic heterocycles. The second-order valence-corrected chi connectivity index (χ2v) is 4.70. The third kappa shape index (κ3) is 3.02. The Hall–Kier alpha value is -2.10. The molecule has 0 spiro atoms. The van der Waals surface area contributed by atoms with E-state index in [9.17, 15) is 9.59 Å². The highest BCUT2D eigenvalue weighted by Crippen LogP contribution is 2.03. The van der Waals surface area contributed by atoms with Crippen molar-refractivity contribution in [2.24, 2.45) is 0 Å². The lowest BCUT2D eigenvalue weighted by atomic mass is 10.1. The number of benzene rings is 1. The van der Waals surface area contributed by atoms with Gasteiger partial charge in [-0.05, 0) is 18.9 Å². The van der Waals surface area contributed by atoms with Crippen LogP contribution in [0.4, 0.5) is 0 Å². The Bertz CT molecular complexity index is 666. The Labute approximate surface area is 111 Å². The summed E-state index contributed by atoms with van der Waals surface area (Å²) in [4.78, 5) is 24.0. The van der Waals surface area contributed by atoms with Gasteiger partial charge < -0.3 is 4.57 Å². The zero-order valence-electron chi connectivity index (χ0n) is 11.3. The molecule has 0 bridgehead atoms. The van der Waals surface area contributed by atoms with Crippen molar-refractivity contribution >= 4 is 0 Å². The zero-order valence-corrected chi connectivity index (χ0v) is 11.3. The minimum Gasteiger partial charge on any atom is -0.300 e. The molecule has 0 saturated carbocycles. The highest BCUT2D eigenvalue weighted by atomic mass is 16.2. The Morgan fingerprint density at radius 2 is 1.74 bits per heavy atom. The molecular formula is C15H18N2O2. The summed E-state index contributed by atoms with van der Waals surface area (Å²) in [6, 6.07) is 9.30. The molecule has 4 heteroatoms. The van der Waals surface area contributed by atoms with Crippen LogP contribution in [0, 0.1) is 6.92 Å². The SMILES string of the molecule is CCCn1ccc(=O)n(Cc2ccc(C)cc2)c1=O.